The molecule has 16 heavy (non-hydrogen) atoms. The van der Waals surface area contributed by atoms with Crippen LogP contribution in [-0.2, 0) is 6.42 Å². The van der Waals surface area contributed by atoms with Gasteiger partial charge in [-0.05, 0) is 19.3 Å². The van der Waals surface area contributed by atoms with Gasteiger partial charge < -0.3 is 5.32 Å². The van der Waals surface area contributed by atoms with Crippen molar-refractivity contribution < 1.29 is 0 Å². The first-order chi connectivity index (χ1) is 7.83. The van der Waals surface area contributed by atoms with Crippen molar-refractivity contribution in [3.8, 4) is 0 Å². The lowest BCUT2D eigenvalue weighted by Crippen LogP contribution is -2.06. The van der Waals surface area contributed by atoms with E-state index < -0.39 is 0 Å². The maximum absolute atomic E-state index is 4.70. The molecule has 1 fully saturated rings. The van der Waals surface area contributed by atoms with Gasteiger partial charge in [-0.2, -0.15) is 0 Å². The van der Waals surface area contributed by atoms with Gasteiger partial charge in [0.1, 0.15) is 11.6 Å². The van der Waals surface area contributed by atoms with Gasteiger partial charge in [-0.15, -0.1) is 0 Å². The molecule has 1 heterocycles. The molecule has 0 aromatic carbocycles. The highest BCUT2D eigenvalue weighted by atomic mass is 15.0. The number of aryl methyl sites for hydroxylation is 1. The van der Waals surface area contributed by atoms with Gasteiger partial charge in [0.05, 0.1) is 0 Å². The van der Waals surface area contributed by atoms with Crippen LogP contribution in [0.1, 0.15) is 56.5 Å². The molecule has 0 spiro atoms. The molecule has 1 saturated carbocycles. The summed E-state index contributed by atoms with van der Waals surface area (Å²) in [6.07, 6.45) is 7.39. The van der Waals surface area contributed by atoms with Crippen molar-refractivity contribution in [1.82, 2.24) is 9.97 Å². The van der Waals surface area contributed by atoms with Gasteiger partial charge >= 0.3 is 0 Å². The van der Waals surface area contributed by atoms with Crippen LogP contribution in [0.3, 0.4) is 0 Å². The first-order valence-corrected chi connectivity index (χ1v) is 6.39. The molecular formula is C13H21N3. The summed E-state index contributed by atoms with van der Waals surface area (Å²) in [7, 11) is 1.93. The van der Waals surface area contributed by atoms with Gasteiger partial charge in [0, 0.05) is 24.7 Å². The zero-order valence-corrected chi connectivity index (χ0v) is 10.3. The van der Waals surface area contributed by atoms with Crippen LogP contribution in [0.5, 0.6) is 0 Å². The first-order valence-electron chi connectivity index (χ1n) is 6.39. The summed E-state index contributed by atoms with van der Waals surface area (Å²) < 4.78 is 0. The van der Waals surface area contributed by atoms with Crippen LogP contribution in [-0.4, -0.2) is 17.0 Å². The number of hydrogen-bond donors (Lipinski definition) is 1. The van der Waals surface area contributed by atoms with Crippen LogP contribution in [0.25, 0.3) is 0 Å². The highest BCUT2D eigenvalue weighted by Gasteiger charge is 2.20. The van der Waals surface area contributed by atoms with Crippen LogP contribution >= 0.6 is 0 Å². The Labute approximate surface area is 97.7 Å². The summed E-state index contributed by atoms with van der Waals surface area (Å²) in [5.74, 6) is 2.64. The summed E-state index contributed by atoms with van der Waals surface area (Å²) >= 11 is 0. The summed E-state index contributed by atoms with van der Waals surface area (Å²) in [5, 5.41) is 3.14. The molecule has 1 aromatic rings. The number of rotatable bonds is 4. The predicted octanol–water partition coefficient (Wildman–Crippen LogP) is 3.13. The fraction of sp³-hybridized carbons (Fsp3) is 0.692. The molecule has 3 heteroatoms. The molecule has 1 aliphatic rings. The zero-order valence-electron chi connectivity index (χ0n) is 10.3. The van der Waals surface area contributed by atoms with E-state index in [2.05, 4.69) is 23.3 Å². The van der Waals surface area contributed by atoms with E-state index in [9.17, 15) is 0 Å². The van der Waals surface area contributed by atoms with Gasteiger partial charge in [-0.3, -0.25) is 0 Å². The van der Waals surface area contributed by atoms with Crippen molar-refractivity contribution in [1.29, 1.82) is 0 Å². The molecule has 88 valence electrons. The number of aromatic nitrogens is 2. The second kappa shape index (κ2) is 5.28. The predicted molar refractivity (Wildman–Crippen MR) is 66.8 cm³/mol. The molecule has 3 nitrogen and oxygen atoms in total. The van der Waals surface area contributed by atoms with E-state index >= 15 is 0 Å². The van der Waals surface area contributed by atoms with Crippen molar-refractivity contribution in [3.05, 3.63) is 17.6 Å². The molecule has 1 N–H and O–H groups in total. The fourth-order valence-electron chi connectivity index (χ4n) is 2.40. The fourth-order valence-corrected chi connectivity index (χ4v) is 2.40. The number of nitrogens with zero attached hydrogens (tertiary/aromatic N) is 2. The van der Waals surface area contributed by atoms with Gasteiger partial charge in [0.25, 0.3) is 0 Å². The number of nitrogens with one attached hydrogen (secondary N) is 1. The monoisotopic (exact) mass is 219 g/mol. The molecule has 0 bridgehead atoms. The highest BCUT2D eigenvalue weighted by Crippen LogP contribution is 2.32. The molecule has 1 aromatic heterocycles. The van der Waals surface area contributed by atoms with Crippen LogP contribution in [0.15, 0.2) is 6.07 Å². The first kappa shape index (κ1) is 11.4. The minimum Gasteiger partial charge on any atom is -0.373 e. The van der Waals surface area contributed by atoms with E-state index in [0.717, 1.165) is 24.5 Å². The van der Waals surface area contributed by atoms with Crippen molar-refractivity contribution in [2.24, 2.45) is 0 Å². The molecular weight excluding hydrogens is 198 g/mol. The molecule has 0 aliphatic heterocycles. The van der Waals surface area contributed by atoms with Crippen molar-refractivity contribution in [2.75, 3.05) is 12.4 Å². The Morgan fingerprint density at radius 2 is 2.06 bits per heavy atom. The summed E-state index contributed by atoms with van der Waals surface area (Å²) in [6.45, 7) is 2.19. The number of anilines is 1. The maximum Gasteiger partial charge on any atom is 0.134 e. The molecule has 0 amide bonds. The van der Waals surface area contributed by atoms with Crippen LogP contribution in [0.2, 0.25) is 0 Å². The third-order valence-corrected chi connectivity index (χ3v) is 3.28. The average Bonchev–Trinajstić information content (AvgIpc) is 2.82. The highest BCUT2D eigenvalue weighted by molar-refractivity contribution is 5.35. The van der Waals surface area contributed by atoms with E-state index in [0.29, 0.717) is 5.92 Å². The Balaban J connectivity index is 2.24. The minimum atomic E-state index is 0.601. The molecule has 0 unspecified atom stereocenters. The second-order valence-electron chi connectivity index (χ2n) is 4.58. The Kier molecular flexibility index (Phi) is 3.75. The van der Waals surface area contributed by atoms with Crippen LogP contribution in [0.4, 0.5) is 5.82 Å². The Bertz CT molecular complexity index is 343. The Morgan fingerprint density at radius 1 is 1.31 bits per heavy atom. The van der Waals surface area contributed by atoms with E-state index in [4.69, 9.17) is 4.98 Å². The van der Waals surface area contributed by atoms with Gasteiger partial charge in [0.15, 0.2) is 0 Å². The average molecular weight is 219 g/mol. The largest absolute Gasteiger partial charge is 0.373 e. The Hall–Kier alpha value is -1.12. The quantitative estimate of drug-likeness (QED) is 0.845. The van der Waals surface area contributed by atoms with E-state index in [1.807, 2.05) is 7.05 Å². The third kappa shape index (κ3) is 2.52. The van der Waals surface area contributed by atoms with Gasteiger partial charge in [0.2, 0.25) is 0 Å². The molecule has 0 saturated heterocycles. The van der Waals surface area contributed by atoms with Crippen LogP contribution < -0.4 is 5.32 Å². The lowest BCUT2D eigenvalue weighted by Gasteiger charge is -2.11. The zero-order chi connectivity index (χ0) is 11.4. The summed E-state index contributed by atoms with van der Waals surface area (Å²) in [4.78, 5) is 9.30. The van der Waals surface area contributed by atoms with E-state index in [1.165, 1.54) is 31.4 Å². The second-order valence-corrected chi connectivity index (χ2v) is 4.58. The molecule has 0 atom stereocenters. The summed E-state index contributed by atoms with van der Waals surface area (Å²) in [5.41, 5.74) is 1.18. The molecule has 0 radical (unpaired) electrons. The van der Waals surface area contributed by atoms with Crippen molar-refractivity contribution in [3.63, 3.8) is 0 Å². The Morgan fingerprint density at radius 3 is 2.69 bits per heavy atom. The van der Waals surface area contributed by atoms with Gasteiger partial charge in [-0.25, -0.2) is 9.97 Å². The maximum atomic E-state index is 4.70. The smallest absolute Gasteiger partial charge is 0.134 e. The normalized spacial score (nSPS) is 16.6. The number of hydrogen-bond acceptors (Lipinski definition) is 3. The van der Waals surface area contributed by atoms with Crippen molar-refractivity contribution in [2.45, 2.75) is 51.4 Å². The minimum absolute atomic E-state index is 0.601. The molecule has 2 rings (SSSR count). The standard InChI is InChI=1S/C13H21N3/c1-3-6-11-9-12(14-2)16-13(15-11)10-7-4-5-8-10/h9-10H,3-8H2,1-2H3,(H,14,15,16). The summed E-state index contributed by atoms with van der Waals surface area (Å²) in [6, 6.07) is 2.07. The lowest BCUT2D eigenvalue weighted by molar-refractivity contribution is 0.659. The van der Waals surface area contributed by atoms with Crippen LogP contribution in [0, 0.1) is 0 Å². The van der Waals surface area contributed by atoms with Gasteiger partial charge in [-0.1, -0.05) is 26.2 Å². The van der Waals surface area contributed by atoms with Crippen molar-refractivity contribution >= 4 is 5.82 Å². The SMILES string of the molecule is CCCc1cc(NC)nc(C2CCCC2)n1. The third-order valence-electron chi connectivity index (χ3n) is 3.28. The molecule has 1 aliphatic carbocycles. The topological polar surface area (TPSA) is 37.8 Å². The van der Waals surface area contributed by atoms with E-state index in [1.54, 1.807) is 0 Å². The van der Waals surface area contributed by atoms with E-state index in [-0.39, 0.29) is 0 Å². The lowest BCUT2D eigenvalue weighted by atomic mass is 10.1.